The third kappa shape index (κ3) is 5.28. The van der Waals surface area contributed by atoms with Gasteiger partial charge in [0.1, 0.15) is 29.3 Å². The van der Waals surface area contributed by atoms with Crippen molar-refractivity contribution in [3.8, 4) is 22.8 Å². The van der Waals surface area contributed by atoms with E-state index in [9.17, 15) is 0 Å². The van der Waals surface area contributed by atoms with Gasteiger partial charge in [0, 0.05) is 57.4 Å². The summed E-state index contributed by atoms with van der Waals surface area (Å²) in [6.07, 6.45) is 9.22. The standard InChI is InChI=1S/C34H42N8O/c35-32-30-31(25-6-8-29(9-7-25)43-28-4-2-1-3-5-28)39-42(33(30)38-23-37-32)27-12-16-41(17-13-27)26-10-14-34(15-11-26)21-40(22-34)20-24-18-36-19-24/h1-9,23-24,26-27,36H,10-22H2,(H2,35,37,38). The van der Waals surface area contributed by atoms with Crippen LogP contribution in [0.4, 0.5) is 5.82 Å². The van der Waals surface area contributed by atoms with Gasteiger partial charge in [-0.15, -0.1) is 0 Å². The summed E-state index contributed by atoms with van der Waals surface area (Å²) in [6, 6.07) is 18.9. The van der Waals surface area contributed by atoms with Gasteiger partial charge in [0.15, 0.2) is 5.65 Å². The topological polar surface area (TPSA) is 97.4 Å². The highest BCUT2D eigenvalue weighted by Crippen LogP contribution is 2.46. The van der Waals surface area contributed by atoms with E-state index in [-0.39, 0.29) is 0 Å². The number of para-hydroxylation sites is 1. The van der Waals surface area contributed by atoms with E-state index in [1.165, 1.54) is 58.4 Å². The average Bonchev–Trinajstić information content (AvgIpc) is 3.40. The van der Waals surface area contributed by atoms with Gasteiger partial charge in [-0.1, -0.05) is 18.2 Å². The Morgan fingerprint density at radius 1 is 0.860 bits per heavy atom. The third-order valence-corrected chi connectivity index (χ3v) is 10.5. The Labute approximate surface area is 253 Å². The second-order valence-electron chi connectivity index (χ2n) is 13.4. The van der Waals surface area contributed by atoms with E-state index in [2.05, 4.69) is 29.8 Å². The monoisotopic (exact) mass is 578 g/mol. The highest BCUT2D eigenvalue weighted by molar-refractivity contribution is 5.98. The van der Waals surface area contributed by atoms with Gasteiger partial charge in [0.25, 0.3) is 0 Å². The van der Waals surface area contributed by atoms with Crippen LogP contribution in [0.25, 0.3) is 22.3 Å². The number of hydrogen-bond donors (Lipinski definition) is 2. The van der Waals surface area contributed by atoms with Crippen molar-refractivity contribution in [2.24, 2.45) is 11.3 Å². The molecule has 0 unspecified atom stereocenters. The first-order chi connectivity index (χ1) is 21.1. The van der Waals surface area contributed by atoms with Crippen LogP contribution in [-0.4, -0.2) is 81.4 Å². The van der Waals surface area contributed by atoms with Gasteiger partial charge in [-0.3, -0.25) is 0 Å². The maximum Gasteiger partial charge on any atom is 0.164 e. The number of rotatable bonds is 7. The number of benzene rings is 2. The van der Waals surface area contributed by atoms with Crippen molar-refractivity contribution < 1.29 is 4.74 Å². The molecule has 3 aliphatic heterocycles. The van der Waals surface area contributed by atoms with Crippen LogP contribution in [0.3, 0.4) is 0 Å². The smallest absolute Gasteiger partial charge is 0.164 e. The number of nitrogens with two attached hydrogens (primary N) is 1. The van der Waals surface area contributed by atoms with Crippen LogP contribution >= 0.6 is 0 Å². The van der Waals surface area contributed by atoms with Crippen LogP contribution < -0.4 is 15.8 Å². The van der Waals surface area contributed by atoms with Gasteiger partial charge in [-0.05, 0) is 86.3 Å². The lowest BCUT2D eigenvalue weighted by molar-refractivity contribution is -0.0573. The molecule has 4 fully saturated rings. The Kier molecular flexibility index (Phi) is 7.04. The van der Waals surface area contributed by atoms with Crippen molar-refractivity contribution in [3.63, 3.8) is 0 Å². The van der Waals surface area contributed by atoms with E-state index in [4.69, 9.17) is 15.6 Å². The van der Waals surface area contributed by atoms with Gasteiger partial charge in [-0.25, -0.2) is 14.6 Å². The fourth-order valence-electron chi connectivity index (χ4n) is 8.02. The zero-order chi connectivity index (χ0) is 28.8. The molecule has 1 spiro atoms. The molecule has 4 aliphatic rings. The molecule has 3 N–H and O–H groups in total. The summed E-state index contributed by atoms with van der Waals surface area (Å²) in [4.78, 5) is 14.5. The molecule has 5 heterocycles. The molecule has 0 amide bonds. The summed E-state index contributed by atoms with van der Waals surface area (Å²) in [5.74, 6) is 2.96. The van der Waals surface area contributed by atoms with Crippen LogP contribution in [0.1, 0.15) is 44.6 Å². The average molecular weight is 579 g/mol. The van der Waals surface area contributed by atoms with Crippen molar-refractivity contribution in [3.05, 3.63) is 60.9 Å². The van der Waals surface area contributed by atoms with Crippen molar-refractivity contribution in [1.82, 2.24) is 34.9 Å². The highest BCUT2D eigenvalue weighted by atomic mass is 16.5. The number of piperidine rings is 1. The minimum atomic E-state index is 0.304. The summed E-state index contributed by atoms with van der Waals surface area (Å²) in [5, 5.41) is 9.39. The molecule has 9 heteroatoms. The number of ether oxygens (including phenoxy) is 1. The molecule has 4 aromatic rings. The first kappa shape index (κ1) is 27.0. The predicted molar refractivity (Wildman–Crippen MR) is 169 cm³/mol. The van der Waals surface area contributed by atoms with Gasteiger partial charge < -0.3 is 25.6 Å². The SMILES string of the molecule is Nc1ncnc2c1c(-c1ccc(Oc3ccccc3)cc1)nn2C1CCN(C2CCC3(CC2)CN(CC2CNC2)C3)CC1. The van der Waals surface area contributed by atoms with Crippen LogP contribution in [0.15, 0.2) is 60.9 Å². The first-order valence-electron chi connectivity index (χ1n) is 16.1. The molecule has 0 atom stereocenters. The summed E-state index contributed by atoms with van der Waals surface area (Å²) < 4.78 is 8.13. The minimum absolute atomic E-state index is 0.304. The Hall–Kier alpha value is -3.53. The van der Waals surface area contributed by atoms with Crippen LogP contribution in [0.2, 0.25) is 0 Å². The number of anilines is 1. The number of nitrogen functional groups attached to an aromatic ring is 1. The molecule has 2 aromatic heterocycles. The third-order valence-electron chi connectivity index (χ3n) is 10.5. The summed E-state index contributed by atoms with van der Waals surface area (Å²) >= 11 is 0. The fourth-order valence-corrected chi connectivity index (χ4v) is 8.02. The van der Waals surface area contributed by atoms with Gasteiger partial charge in [0.2, 0.25) is 0 Å². The van der Waals surface area contributed by atoms with E-state index >= 15 is 0 Å². The lowest BCUT2D eigenvalue weighted by Gasteiger charge is -2.56. The van der Waals surface area contributed by atoms with Crippen LogP contribution in [0, 0.1) is 11.3 Å². The minimum Gasteiger partial charge on any atom is -0.457 e. The highest BCUT2D eigenvalue weighted by Gasteiger charge is 2.46. The van der Waals surface area contributed by atoms with Gasteiger partial charge in [-0.2, -0.15) is 5.10 Å². The Morgan fingerprint density at radius 2 is 1.58 bits per heavy atom. The first-order valence-corrected chi connectivity index (χ1v) is 16.1. The summed E-state index contributed by atoms with van der Waals surface area (Å²) in [5.41, 5.74) is 9.69. The van der Waals surface area contributed by atoms with E-state index in [0.29, 0.717) is 17.3 Å². The normalized spacial score (nSPS) is 22.0. The molecule has 1 aliphatic carbocycles. The van der Waals surface area contributed by atoms with Crippen molar-refractivity contribution in [1.29, 1.82) is 0 Å². The lowest BCUT2D eigenvalue weighted by Crippen LogP contribution is -2.62. The second kappa shape index (κ2) is 11.2. The van der Waals surface area contributed by atoms with E-state index in [0.717, 1.165) is 71.7 Å². The second-order valence-corrected chi connectivity index (χ2v) is 13.4. The molecular weight excluding hydrogens is 536 g/mol. The van der Waals surface area contributed by atoms with Crippen molar-refractivity contribution in [2.45, 2.75) is 50.6 Å². The Balaban J connectivity index is 0.921. The summed E-state index contributed by atoms with van der Waals surface area (Å²) in [7, 11) is 0. The van der Waals surface area contributed by atoms with E-state index in [1.807, 2.05) is 54.6 Å². The van der Waals surface area contributed by atoms with Crippen LogP contribution in [0.5, 0.6) is 11.5 Å². The molecule has 0 bridgehead atoms. The number of nitrogens with one attached hydrogen (secondary N) is 1. The molecule has 224 valence electrons. The molecule has 8 rings (SSSR count). The fraction of sp³-hybridized carbons (Fsp3) is 0.500. The number of nitrogens with zero attached hydrogens (tertiary/aromatic N) is 6. The maximum absolute atomic E-state index is 6.43. The molecule has 0 radical (unpaired) electrons. The molecule has 3 saturated heterocycles. The summed E-state index contributed by atoms with van der Waals surface area (Å²) in [6.45, 7) is 8.64. The molecular formula is C34H42N8O. The number of fused-ring (bicyclic) bond motifs is 1. The van der Waals surface area contributed by atoms with Gasteiger partial charge >= 0.3 is 0 Å². The zero-order valence-corrected chi connectivity index (χ0v) is 24.9. The molecule has 9 nitrogen and oxygen atoms in total. The van der Waals surface area contributed by atoms with Gasteiger partial charge in [0.05, 0.1) is 11.4 Å². The van der Waals surface area contributed by atoms with E-state index < -0.39 is 0 Å². The number of aromatic nitrogens is 4. The molecule has 43 heavy (non-hydrogen) atoms. The number of hydrogen-bond acceptors (Lipinski definition) is 8. The lowest BCUT2D eigenvalue weighted by atomic mass is 9.67. The largest absolute Gasteiger partial charge is 0.457 e. The van der Waals surface area contributed by atoms with Crippen molar-refractivity contribution in [2.75, 3.05) is 51.5 Å². The Bertz CT molecular complexity index is 1540. The van der Waals surface area contributed by atoms with E-state index in [1.54, 1.807) is 6.33 Å². The number of likely N-dealkylation sites (tertiary alicyclic amines) is 2. The predicted octanol–water partition coefficient (Wildman–Crippen LogP) is 4.97. The molecule has 2 aromatic carbocycles. The molecule has 1 saturated carbocycles. The zero-order valence-electron chi connectivity index (χ0n) is 24.9. The van der Waals surface area contributed by atoms with Crippen LogP contribution in [-0.2, 0) is 0 Å². The van der Waals surface area contributed by atoms with Crippen molar-refractivity contribution >= 4 is 16.9 Å². The maximum atomic E-state index is 6.43. The quantitative estimate of drug-likeness (QED) is 0.317. The Morgan fingerprint density at radius 3 is 2.28 bits per heavy atom.